The maximum absolute atomic E-state index is 4.04. The van der Waals surface area contributed by atoms with Crippen LogP contribution in [0.15, 0.2) is 24.3 Å². The fraction of sp³-hybridized carbons (Fsp3) is 0. The molecule has 1 heterocycles. The first-order valence-electron chi connectivity index (χ1n) is 2.92. The van der Waals surface area contributed by atoms with Gasteiger partial charge >= 0.3 is 0 Å². The van der Waals surface area contributed by atoms with Crippen molar-refractivity contribution in [3.8, 4) is 0 Å². The Labute approximate surface area is 64.5 Å². The number of rotatable bonds is 0. The molecule has 51 valence electrons. The van der Waals surface area contributed by atoms with Crippen LogP contribution in [0, 0.1) is 0 Å². The predicted molar refractivity (Wildman–Crippen MR) is 42.7 cm³/mol. The summed E-state index contributed by atoms with van der Waals surface area (Å²) in [6.45, 7) is 0. The van der Waals surface area contributed by atoms with Gasteiger partial charge in [-0.15, -0.1) is 0 Å². The summed E-state index contributed by atoms with van der Waals surface area (Å²) in [5.74, 6) is 0. The van der Waals surface area contributed by atoms with E-state index in [1.165, 1.54) is 4.52 Å². The Balaban J connectivity index is 2.42. The molecule has 0 aromatic heterocycles. The number of fused-ring (bicyclic) bond motifs is 1. The molecular formula is C6H6N3S. The summed E-state index contributed by atoms with van der Waals surface area (Å²) < 4.78 is 1.39. The average molecular weight is 152 g/mol. The zero-order valence-electron chi connectivity index (χ0n) is 5.15. The van der Waals surface area contributed by atoms with Crippen LogP contribution in [0.1, 0.15) is 0 Å². The van der Waals surface area contributed by atoms with Gasteiger partial charge < -0.3 is 0 Å². The third-order valence-corrected chi connectivity index (χ3v) is 1.52. The highest BCUT2D eigenvalue weighted by Gasteiger charge is 2.14. The van der Waals surface area contributed by atoms with Crippen molar-refractivity contribution in [2.24, 2.45) is 0 Å². The summed E-state index contributed by atoms with van der Waals surface area (Å²) in [6, 6.07) is 7.78. The first kappa shape index (κ1) is 5.88. The molecule has 3 nitrogen and oxygen atoms in total. The van der Waals surface area contributed by atoms with Gasteiger partial charge in [-0.05, 0) is 24.9 Å². The van der Waals surface area contributed by atoms with Crippen LogP contribution in [0.3, 0.4) is 0 Å². The smallest absolute Gasteiger partial charge is 0.105 e. The second-order valence-corrected chi connectivity index (χ2v) is 2.40. The van der Waals surface area contributed by atoms with Crippen molar-refractivity contribution in [1.29, 1.82) is 0 Å². The van der Waals surface area contributed by atoms with Crippen molar-refractivity contribution in [2.75, 3.05) is 5.43 Å². The quantitative estimate of drug-likeness (QED) is 0.549. The SMILES string of the molecule is SN1[N]c2ccccc2N1. The minimum absolute atomic E-state index is 0.928. The van der Waals surface area contributed by atoms with Crippen molar-refractivity contribution >= 4 is 24.2 Å². The van der Waals surface area contributed by atoms with Gasteiger partial charge in [0.25, 0.3) is 0 Å². The topological polar surface area (TPSA) is 29.4 Å². The lowest BCUT2D eigenvalue weighted by atomic mass is 10.3. The lowest BCUT2D eigenvalue weighted by molar-refractivity contribution is 0.517. The van der Waals surface area contributed by atoms with Gasteiger partial charge in [-0.2, -0.15) is 5.43 Å². The molecule has 0 aliphatic carbocycles. The lowest BCUT2D eigenvalue weighted by Crippen LogP contribution is -2.16. The molecule has 1 radical (unpaired) electrons. The summed E-state index contributed by atoms with van der Waals surface area (Å²) in [5, 5.41) is 0. The standard InChI is InChI=1S/C6H6N3S/c10-9-7-5-3-1-2-4-6(5)8-9/h1-4,7,10H. The largest absolute Gasteiger partial charge is 0.288 e. The first-order chi connectivity index (χ1) is 4.86. The molecule has 4 heteroatoms. The third kappa shape index (κ3) is 0.815. The monoisotopic (exact) mass is 152 g/mol. The van der Waals surface area contributed by atoms with E-state index >= 15 is 0 Å². The summed E-state index contributed by atoms with van der Waals surface area (Å²) >= 11 is 3.99. The number of hydrazine groups is 1. The van der Waals surface area contributed by atoms with Gasteiger partial charge in [0.1, 0.15) is 5.69 Å². The Morgan fingerprint density at radius 3 is 3.00 bits per heavy atom. The summed E-state index contributed by atoms with van der Waals surface area (Å²) in [5.41, 5.74) is 8.89. The highest BCUT2D eigenvalue weighted by Crippen LogP contribution is 2.27. The lowest BCUT2D eigenvalue weighted by Gasteiger charge is -2.01. The van der Waals surface area contributed by atoms with Crippen LogP contribution in [0.25, 0.3) is 0 Å². The zero-order chi connectivity index (χ0) is 6.97. The van der Waals surface area contributed by atoms with Crippen molar-refractivity contribution in [3.05, 3.63) is 24.3 Å². The van der Waals surface area contributed by atoms with E-state index in [0.717, 1.165) is 11.4 Å². The van der Waals surface area contributed by atoms with E-state index in [4.69, 9.17) is 0 Å². The van der Waals surface area contributed by atoms with E-state index in [9.17, 15) is 0 Å². The van der Waals surface area contributed by atoms with Crippen LogP contribution in [0.4, 0.5) is 11.4 Å². The zero-order valence-corrected chi connectivity index (χ0v) is 6.05. The van der Waals surface area contributed by atoms with Crippen molar-refractivity contribution in [2.45, 2.75) is 0 Å². The highest BCUT2D eigenvalue weighted by atomic mass is 32.1. The van der Waals surface area contributed by atoms with E-state index in [0.29, 0.717) is 0 Å². The molecular weight excluding hydrogens is 146 g/mol. The van der Waals surface area contributed by atoms with Crippen molar-refractivity contribution < 1.29 is 0 Å². The van der Waals surface area contributed by atoms with Crippen LogP contribution in [0.2, 0.25) is 0 Å². The molecule has 1 N–H and O–H groups in total. The fourth-order valence-electron chi connectivity index (χ4n) is 0.890. The molecule has 2 rings (SSSR count). The molecule has 0 saturated carbocycles. The second kappa shape index (κ2) is 2.07. The molecule has 1 aliphatic heterocycles. The van der Waals surface area contributed by atoms with E-state index in [-0.39, 0.29) is 0 Å². The number of para-hydroxylation sites is 1. The van der Waals surface area contributed by atoms with E-state index in [1.54, 1.807) is 0 Å². The molecule has 0 fully saturated rings. The van der Waals surface area contributed by atoms with Crippen LogP contribution in [0.5, 0.6) is 0 Å². The Bertz CT molecular complexity index is 226. The number of hydrogen-bond donors (Lipinski definition) is 2. The van der Waals surface area contributed by atoms with Gasteiger partial charge in [0.15, 0.2) is 0 Å². The van der Waals surface area contributed by atoms with Crippen LogP contribution >= 0.6 is 12.8 Å². The number of nitrogens with zero attached hydrogens (tertiary/aromatic N) is 2. The predicted octanol–water partition coefficient (Wildman–Crippen LogP) is 1.32. The van der Waals surface area contributed by atoms with Gasteiger partial charge in [0, 0.05) is 0 Å². The number of nitrogens with one attached hydrogen (secondary N) is 1. The van der Waals surface area contributed by atoms with Crippen molar-refractivity contribution in [3.63, 3.8) is 0 Å². The van der Waals surface area contributed by atoms with E-state index in [1.807, 2.05) is 24.3 Å². The number of hydrogen-bond acceptors (Lipinski definition) is 3. The van der Waals surface area contributed by atoms with Gasteiger partial charge in [-0.25, -0.2) is 0 Å². The summed E-state index contributed by atoms with van der Waals surface area (Å²) in [4.78, 5) is 0. The van der Waals surface area contributed by atoms with Crippen LogP contribution in [-0.2, 0) is 0 Å². The molecule has 0 unspecified atom stereocenters. The Morgan fingerprint density at radius 2 is 2.20 bits per heavy atom. The Kier molecular flexibility index (Phi) is 1.22. The highest BCUT2D eigenvalue weighted by molar-refractivity contribution is 7.77. The summed E-state index contributed by atoms with van der Waals surface area (Å²) in [7, 11) is 0. The van der Waals surface area contributed by atoms with Crippen LogP contribution < -0.4 is 10.9 Å². The molecule has 0 atom stereocenters. The van der Waals surface area contributed by atoms with E-state index in [2.05, 4.69) is 23.7 Å². The third-order valence-electron chi connectivity index (χ3n) is 1.33. The number of thiol groups is 1. The molecule has 0 bridgehead atoms. The molecule has 0 spiro atoms. The molecule has 1 aliphatic rings. The van der Waals surface area contributed by atoms with Crippen LogP contribution in [-0.4, -0.2) is 4.52 Å². The minimum Gasteiger partial charge on any atom is -0.288 e. The molecule has 0 saturated heterocycles. The van der Waals surface area contributed by atoms with Gasteiger partial charge in [0.2, 0.25) is 0 Å². The van der Waals surface area contributed by atoms with Crippen molar-refractivity contribution in [1.82, 2.24) is 9.95 Å². The molecule has 0 amide bonds. The maximum Gasteiger partial charge on any atom is 0.105 e. The van der Waals surface area contributed by atoms with Gasteiger partial charge in [-0.1, -0.05) is 16.7 Å². The maximum atomic E-state index is 4.04. The minimum atomic E-state index is 0.928. The summed E-state index contributed by atoms with van der Waals surface area (Å²) in [6.07, 6.45) is 0. The number of benzene rings is 1. The Hall–Kier alpha value is -0.870. The van der Waals surface area contributed by atoms with Gasteiger partial charge in [0.05, 0.1) is 5.69 Å². The number of anilines is 1. The average Bonchev–Trinajstić information content (AvgIpc) is 2.27. The molecule has 1 aromatic carbocycles. The second-order valence-electron chi connectivity index (χ2n) is 2.02. The molecule has 1 aromatic rings. The first-order valence-corrected chi connectivity index (χ1v) is 3.32. The Morgan fingerprint density at radius 1 is 1.40 bits per heavy atom. The fourth-order valence-corrected chi connectivity index (χ4v) is 1.09. The van der Waals surface area contributed by atoms with E-state index < -0.39 is 0 Å². The normalized spacial score (nSPS) is 15.7. The van der Waals surface area contributed by atoms with Gasteiger partial charge in [-0.3, -0.25) is 5.43 Å². The molecule has 10 heavy (non-hydrogen) atoms.